The minimum absolute atomic E-state index is 0.597. The standard InChI is InChI=1S/C46H26N4OS/c1-3-12-27(13-4-1)42-33-24-25-39-41(40(33)32-17-7-9-20-36(32)47-42)34-18-11-19-35(43(34)52-39)46-49-44(28-14-5-2-6-15-28)48-45(50-46)29-22-23-31-30-16-8-10-21-37(30)51-38(31)26-29/h1-26H. The van der Waals surface area contributed by atoms with Crippen LogP contribution < -0.4 is 0 Å². The van der Waals surface area contributed by atoms with E-state index >= 15 is 0 Å². The molecule has 11 aromatic rings. The second kappa shape index (κ2) is 11.4. The molecule has 0 spiro atoms. The molecule has 0 fully saturated rings. The van der Waals surface area contributed by atoms with Gasteiger partial charge in [-0.3, -0.25) is 0 Å². The Balaban J connectivity index is 1.17. The van der Waals surface area contributed by atoms with Crippen LogP contribution in [0.5, 0.6) is 0 Å². The summed E-state index contributed by atoms with van der Waals surface area (Å²) < 4.78 is 8.61. The molecule has 242 valence electrons. The van der Waals surface area contributed by atoms with E-state index in [9.17, 15) is 0 Å². The Morgan fingerprint density at radius 3 is 1.90 bits per heavy atom. The number of hydrogen-bond donors (Lipinski definition) is 0. The lowest BCUT2D eigenvalue weighted by Crippen LogP contribution is -2.00. The van der Waals surface area contributed by atoms with Crippen molar-refractivity contribution >= 4 is 75.1 Å². The lowest BCUT2D eigenvalue weighted by atomic mass is 9.96. The maximum absolute atomic E-state index is 6.26. The van der Waals surface area contributed by atoms with E-state index < -0.39 is 0 Å². The number of rotatable bonds is 4. The summed E-state index contributed by atoms with van der Waals surface area (Å²) in [4.78, 5) is 20.5. The highest BCUT2D eigenvalue weighted by Crippen LogP contribution is 2.46. The van der Waals surface area contributed by atoms with E-state index in [2.05, 4.69) is 97.1 Å². The average molecular weight is 683 g/mol. The van der Waals surface area contributed by atoms with Gasteiger partial charge < -0.3 is 4.42 Å². The molecule has 0 aliphatic rings. The average Bonchev–Trinajstić information content (AvgIpc) is 3.79. The number of nitrogens with zero attached hydrogens (tertiary/aromatic N) is 4. The highest BCUT2D eigenvalue weighted by molar-refractivity contribution is 7.26. The molecule has 0 aliphatic carbocycles. The molecule has 0 N–H and O–H groups in total. The van der Waals surface area contributed by atoms with Crippen molar-refractivity contribution in [3.8, 4) is 45.4 Å². The van der Waals surface area contributed by atoms with Crippen molar-refractivity contribution in [3.05, 3.63) is 158 Å². The van der Waals surface area contributed by atoms with Gasteiger partial charge in [0.2, 0.25) is 0 Å². The molecule has 0 atom stereocenters. The van der Waals surface area contributed by atoms with Gasteiger partial charge in [-0.2, -0.15) is 0 Å². The molecule has 52 heavy (non-hydrogen) atoms. The van der Waals surface area contributed by atoms with Crippen LogP contribution in [-0.4, -0.2) is 19.9 Å². The van der Waals surface area contributed by atoms with E-state index in [0.717, 1.165) is 70.9 Å². The number of hydrogen-bond acceptors (Lipinski definition) is 6. The fourth-order valence-electron chi connectivity index (χ4n) is 7.53. The first kappa shape index (κ1) is 29.0. The van der Waals surface area contributed by atoms with Gasteiger partial charge in [-0.05, 0) is 36.4 Å². The van der Waals surface area contributed by atoms with E-state index in [4.69, 9.17) is 24.4 Å². The first-order chi connectivity index (χ1) is 25.8. The molecule has 0 saturated carbocycles. The predicted octanol–water partition coefficient (Wildman–Crippen LogP) is 12.5. The van der Waals surface area contributed by atoms with Gasteiger partial charge in [0.05, 0.1) is 11.2 Å². The number of thiophene rings is 1. The van der Waals surface area contributed by atoms with Crippen molar-refractivity contribution in [1.29, 1.82) is 0 Å². The van der Waals surface area contributed by atoms with Gasteiger partial charge in [0, 0.05) is 69.4 Å². The van der Waals surface area contributed by atoms with Gasteiger partial charge in [-0.15, -0.1) is 11.3 Å². The molecule has 6 heteroatoms. The highest BCUT2D eigenvalue weighted by atomic mass is 32.1. The Morgan fingerprint density at radius 1 is 0.404 bits per heavy atom. The van der Waals surface area contributed by atoms with Crippen molar-refractivity contribution in [2.75, 3.05) is 0 Å². The largest absolute Gasteiger partial charge is 0.456 e. The molecule has 4 heterocycles. The van der Waals surface area contributed by atoms with Crippen LogP contribution in [0.25, 0.3) is 109 Å². The third-order valence-corrected chi connectivity index (χ3v) is 11.1. The summed E-state index contributed by atoms with van der Waals surface area (Å²) in [5, 5.41) is 8.05. The number of pyridine rings is 1. The van der Waals surface area contributed by atoms with Gasteiger partial charge in [0.1, 0.15) is 11.2 Å². The van der Waals surface area contributed by atoms with Crippen molar-refractivity contribution in [2.24, 2.45) is 0 Å². The zero-order chi connectivity index (χ0) is 34.2. The summed E-state index contributed by atoms with van der Waals surface area (Å²) in [5.41, 5.74) is 7.50. The Hall–Kier alpha value is -6.76. The van der Waals surface area contributed by atoms with Gasteiger partial charge in [-0.1, -0.05) is 121 Å². The van der Waals surface area contributed by atoms with Gasteiger partial charge in [-0.25, -0.2) is 19.9 Å². The highest BCUT2D eigenvalue weighted by Gasteiger charge is 2.20. The minimum atomic E-state index is 0.597. The zero-order valence-corrected chi connectivity index (χ0v) is 28.4. The van der Waals surface area contributed by atoms with E-state index in [1.807, 2.05) is 60.7 Å². The summed E-state index contributed by atoms with van der Waals surface area (Å²) in [6.45, 7) is 0. The fraction of sp³-hybridized carbons (Fsp3) is 0. The maximum Gasteiger partial charge on any atom is 0.165 e. The van der Waals surface area contributed by atoms with E-state index in [1.54, 1.807) is 11.3 Å². The fourth-order valence-corrected chi connectivity index (χ4v) is 8.75. The predicted molar refractivity (Wildman–Crippen MR) is 215 cm³/mol. The summed E-state index contributed by atoms with van der Waals surface area (Å²) in [6, 6.07) is 54.3. The quantitative estimate of drug-likeness (QED) is 0.173. The molecule has 0 radical (unpaired) electrons. The van der Waals surface area contributed by atoms with Crippen LogP contribution in [-0.2, 0) is 0 Å². The monoisotopic (exact) mass is 682 g/mol. The van der Waals surface area contributed by atoms with Crippen LogP contribution in [0.2, 0.25) is 0 Å². The van der Waals surface area contributed by atoms with Gasteiger partial charge in [0.15, 0.2) is 17.5 Å². The van der Waals surface area contributed by atoms with Crippen LogP contribution in [0.1, 0.15) is 0 Å². The van der Waals surface area contributed by atoms with Gasteiger partial charge >= 0.3 is 0 Å². The SMILES string of the molecule is c1ccc(-c2nc(-c3ccc4c(c3)oc3ccccc34)nc(-c3cccc4c3sc3ccc5c(-c6ccccc6)nc6ccccc6c5c34)n2)cc1. The van der Waals surface area contributed by atoms with Crippen LogP contribution in [0.15, 0.2) is 162 Å². The summed E-state index contributed by atoms with van der Waals surface area (Å²) in [7, 11) is 0. The van der Waals surface area contributed by atoms with Crippen molar-refractivity contribution in [1.82, 2.24) is 19.9 Å². The first-order valence-corrected chi connectivity index (χ1v) is 18.0. The molecule has 0 bridgehead atoms. The number of furan rings is 1. The number of aromatic nitrogens is 4. The van der Waals surface area contributed by atoms with Crippen LogP contribution in [0.3, 0.4) is 0 Å². The van der Waals surface area contributed by atoms with E-state index in [1.165, 1.54) is 20.9 Å². The molecule has 0 aliphatic heterocycles. The second-order valence-corrected chi connectivity index (χ2v) is 14.0. The molecule has 5 nitrogen and oxygen atoms in total. The smallest absolute Gasteiger partial charge is 0.165 e. The Labute approximate surface area is 301 Å². The Kier molecular flexibility index (Phi) is 6.35. The van der Waals surface area contributed by atoms with Gasteiger partial charge in [0.25, 0.3) is 0 Å². The topological polar surface area (TPSA) is 64.7 Å². The molecular formula is C46H26N4OS. The number of benzene rings is 7. The summed E-state index contributed by atoms with van der Waals surface area (Å²) in [5.74, 6) is 1.85. The second-order valence-electron chi connectivity index (χ2n) is 13.0. The lowest BCUT2D eigenvalue weighted by molar-refractivity contribution is 0.669. The van der Waals surface area contributed by atoms with Crippen LogP contribution in [0, 0.1) is 0 Å². The van der Waals surface area contributed by atoms with Crippen molar-refractivity contribution < 1.29 is 4.42 Å². The zero-order valence-electron chi connectivity index (χ0n) is 27.6. The molecular weight excluding hydrogens is 657 g/mol. The Morgan fingerprint density at radius 2 is 1.06 bits per heavy atom. The molecule has 0 saturated heterocycles. The third kappa shape index (κ3) is 4.48. The van der Waals surface area contributed by atoms with E-state index in [-0.39, 0.29) is 0 Å². The molecule has 0 unspecified atom stereocenters. The summed E-state index contributed by atoms with van der Waals surface area (Å²) >= 11 is 1.78. The van der Waals surface area contributed by atoms with Crippen LogP contribution >= 0.6 is 11.3 Å². The van der Waals surface area contributed by atoms with E-state index in [0.29, 0.717) is 17.5 Å². The first-order valence-electron chi connectivity index (χ1n) is 17.2. The summed E-state index contributed by atoms with van der Waals surface area (Å²) in [6.07, 6.45) is 0. The van der Waals surface area contributed by atoms with Crippen LogP contribution in [0.4, 0.5) is 0 Å². The Bertz CT molecular complexity index is 3190. The molecule has 4 aromatic heterocycles. The molecule has 7 aromatic carbocycles. The minimum Gasteiger partial charge on any atom is -0.456 e. The third-order valence-electron chi connectivity index (χ3n) is 9.92. The maximum atomic E-state index is 6.26. The number of para-hydroxylation sites is 2. The van der Waals surface area contributed by atoms with Crippen molar-refractivity contribution in [3.63, 3.8) is 0 Å². The molecule has 11 rings (SSSR count). The number of fused-ring (bicyclic) bond motifs is 10. The lowest BCUT2D eigenvalue weighted by Gasteiger charge is -2.12. The molecule has 0 amide bonds. The normalized spacial score (nSPS) is 11.8. The van der Waals surface area contributed by atoms with Crippen molar-refractivity contribution in [2.45, 2.75) is 0 Å².